The lowest BCUT2D eigenvalue weighted by atomic mass is 10.2. The van der Waals surface area contributed by atoms with Gasteiger partial charge in [0.15, 0.2) is 0 Å². The van der Waals surface area contributed by atoms with E-state index in [9.17, 15) is 18.0 Å². The number of hydrogen-bond donors (Lipinski definition) is 2. The van der Waals surface area contributed by atoms with Crippen LogP contribution in [0, 0.1) is 6.92 Å². The van der Waals surface area contributed by atoms with Crippen molar-refractivity contribution in [2.75, 3.05) is 27.7 Å². The van der Waals surface area contributed by atoms with Crippen LogP contribution in [0.4, 0.5) is 17.1 Å². The molecule has 0 atom stereocenters. The second kappa shape index (κ2) is 9.40. The largest absolute Gasteiger partial charge is 0.324 e. The zero-order valence-corrected chi connectivity index (χ0v) is 17.9. The molecule has 0 saturated carbocycles. The van der Waals surface area contributed by atoms with E-state index in [1.165, 1.54) is 6.07 Å². The van der Waals surface area contributed by atoms with Crippen LogP contribution in [-0.4, -0.2) is 38.0 Å². The van der Waals surface area contributed by atoms with Crippen LogP contribution in [0.3, 0.4) is 0 Å². The summed E-state index contributed by atoms with van der Waals surface area (Å²) >= 11 is 0. The molecule has 1 aromatic heterocycles. The molecule has 0 fully saturated rings. The number of carbonyl (C=O) groups excluding carboxylic acids is 2. The standard InChI is InChI=1S/C22H22N4O4S/c1-16-6-3-4-9-20(16)26(31(2,29)30)15-21(27)24-19-8-5-7-17(14-19)22(28)25-18-10-12-23-13-11-18/h3-14H,15H2,1-2H3,(H,24,27)(H,23,25,28). The third-order valence-electron chi connectivity index (χ3n) is 4.42. The predicted molar refractivity (Wildman–Crippen MR) is 121 cm³/mol. The molecule has 0 bridgehead atoms. The predicted octanol–water partition coefficient (Wildman–Crippen LogP) is 3.05. The maximum atomic E-state index is 12.6. The molecule has 0 unspecified atom stereocenters. The van der Waals surface area contributed by atoms with Crippen LogP contribution >= 0.6 is 0 Å². The molecule has 0 radical (unpaired) electrons. The fourth-order valence-electron chi connectivity index (χ4n) is 2.93. The first-order valence-electron chi connectivity index (χ1n) is 9.38. The Labute approximate surface area is 181 Å². The molecular formula is C22H22N4O4S. The number of benzene rings is 2. The molecule has 2 aromatic carbocycles. The van der Waals surface area contributed by atoms with E-state index in [1.807, 2.05) is 0 Å². The molecule has 2 amide bonds. The van der Waals surface area contributed by atoms with Crippen molar-refractivity contribution in [3.63, 3.8) is 0 Å². The maximum absolute atomic E-state index is 12.6. The highest BCUT2D eigenvalue weighted by atomic mass is 32.2. The minimum Gasteiger partial charge on any atom is -0.324 e. The highest BCUT2D eigenvalue weighted by Crippen LogP contribution is 2.22. The number of para-hydroxylation sites is 1. The van der Waals surface area contributed by atoms with Gasteiger partial charge in [-0.1, -0.05) is 24.3 Å². The SMILES string of the molecule is Cc1ccccc1N(CC(=O)Nc1cccc(C(=O)Nc2ccncc2)c1)S(C)(=O)=O. The molecule has 0 aliphatic heterocycles. The molecule has 160 valence electrons. The van der Waals surface area contributed by atoms with Crippen LogP contribution in [0.25, 0.3) is 0 Å². The zero-order valence-electron chi connectivity index (χ0n) is 17.1. The monoisotopic (exact) mass is 438 g/mol. The van der Waals surface area contributed by atoms with Gasteiger partial charge in [0.1, 0.15) is 6.54 Å². The fourth-order valence-corrected chi connectivity index (χ4v) is 3.85. The van der Waals surface area contributed by atoms with Crippen molar-refractivity contribution in [3.8, 4) is 0 Å². The number of anilines is 3. The molecule has 0 spiro atoms. The van der Waals surface area contributed by atoms with Crippen molar-refractivity contribution in [1.29, 1.82) is 0 Å². The first-order valence-corrected chi connectivity index (χ1v) is 11.2. The molecule has 0 aliphatic carbocycles. The summed E-state index contributed by atoms with van der Waals surface area (Å²) in [5.74, 6) is -0.875. The van der Waals surface area contributed by atoms with Crippen LogP contribution in [0.1, 0.15) is 15.9 Å². The Hall–Kier alpha value is -3.72. The number of pyridine rings is 1. The van der Waals surface area contributed by atoms with Gasteiger partial charge in [-0.25, -0.2) is 8.42 Å². The van der Waals surface area contributed by atoms with Crippen molar-refractivity contribution in [1.82, 2.24) is 4.98 Å². The lowest BCUT2D eigenvalue weighted by Gasteiger charge is -2.23. The van der Waals surface area contributed by atoms with Crippen LogP contribution in [-0.2, 0) is 14.8 Å². The lowest BCUT2D eigenvalue weighted by molar-refractivity contribution is -0.114. The second-order valence-corrected chi connectivity index (χ2v) is 8.78. The fraction of sp³-hybridized carbons (Fsp3) is 0.136. The van der Waals surface area contributed by atoms with Gasteiger partial charge in [-0.05, 0) is 48.9 Å². The van der Waals surface area contributed by atoms with E-state index in [4.69, 9.17) is 0 Å². The Morgan fingerprint density at radius 3 is 2.32 bits per heavy atom. The average molecular weight is 439 g/mol. The van der Waals surface area contributed by atoms with E-state index in [0.29, 0.717) is 22.6 Å². The minimum absolute atomic E-state index is 0.341. The number of aromatic nitrogens is 1. The molecule has 31 heavy (non-hydrogen) atoms. The van der Waals surface area contributed by atoms with E-state index in [2.05, 4.69) is 15.6 Å². The molecule has 8 nitrogen and oxygen atoms in total. The Bertz CT molecular complexity index is 1200. The molecule has 0 aliphatic rings. The number of nitrogens with zero attached hydrogens (tertiary/aromatic N) is 2. The van der Waals surface area contributed by atoms with Gasteiger partial charge in [0, 0.05) is 29.3 Å². The molecule has 1 heterocycles. The smallest absolute Gasteiger partial charge is 0.255 e. The number of hydrogen-bond acceptors (Lipinski definition) is 5. The summed E-state index contributed by atoms with van der Waals surface area (Å²) in [6, 6.07) is 16.6. The van der Waals surface area contributed by atoms with Gasteiger partial charge >= 0.3 is 0 Å². The van der Waals surface area contributed by atoms with E-state index in [1.54, 1.807) is 73.9 Å². The van der Waals surface area contributed by atoms with Crippen molar-refractivity contribution in [2.45, 2.75) is 6.92 Å². The Kier molecular flexibility index (Phi) is 6.66. The minimum atomic E-state index is -3.68. The van der Waals surface area contributed by atoms with Gasteiger partial charge in [-0.15, -0.1) is 0 Å². The highest BCUT2D eigenvalue weighted by Gasteiger charge is 2.22. The average Bonchev–Trinajstić information content (AvgIpc) is 2.73. The van der Waals surface area contributed by atoms with Gasteiger partial charge in [-0.2, -0.15) is 0 Å². The van der Waals surface area contributed by atoms with E-state index in [-0.39, 0.29) is 5.91 Å². The van der Waals surface area contributed by atoms with Crippen molar-refractivity contribution in [3.05, 3.63) is 84.2 Å². The van der Waals surface area contributed by atoms with Crippen LogP contribution in [0.2, 0.25) is 0 Å². The molecule has 0 saturated heterocycles. The van der Waals surface area contributed by atoms with Gasteiger partial charge in [0.25, 0.3) is 5.91 Å². The third kappa shape index (κ3) is 5.89. The summed E-state index contributed by atoms with van der Waals surface area (Å²) in [6.07, 6.45) is 4.18. The number of carbonyl (C=O) groups is 2. The van der Waals surface area contributed by atoms with Crippen LogP contribution in [0.5, 0.6) is 0 Å². The zero-order chi connectivity index (χ0) is 22.4. The Morgan fingerprint density at radius 2 is 1.65 bits per heavy atom. The Balaban J connectivity index is 1.73. The van der Waals surface area contributed by atoms with Crippen LogP contribution < -0.4 is 14.9 Å². The normalized spacial score (nSPS) is 10.9. The Morgan fingerprint density at radius 1 is 0.935 bits per heavy atom. The molecule has 9 heteroatoms. The van der Waals surface area contributed by atoms with Gasteiger partial charge < -0.3 is 10.6 Å². The van der Waals surface area contributed by atoms with E-state index in [0.717, 1.165) is 16.1 Å². The topological polar surface area (TPSA) is 108 Å². The first kappa shape index (κ1) is 22.0. The number of sulfonamides is 1. The quantitative estimate of drug-likeness (QED) is 0.589. The van der Waals surface area contributed by atoms with Crippen molar-refractivity contribution < 1.29 is 18.0 Å². The summed E-state index contributed by atoms with van der Waals surface area (Å²) in [7, 11) is -3.68. The molecular weight excluding hydrogens is 416 g/mol. The molecule has 3 rings (SSSR count). The summed E-state index contributed by atoms with van der Waals surface area (Å²) < 4.78 is 25.6. The number of rotatable bonds is 7. The number of aryl methyl sites for hydroxylation is 1. The summed E-state index contributed by atoms with van der Waals surface area (Å²) in [5, 5.41) is 5.40. The number of nitrogens with one attached hydrogen (secondary N) is 2. The molecule has 3 aromatic rings. The third-order valence-corrected chi connectivity index (χ3v) is 5.54. The summed E-state index contributed by atoms with van der Waals surface area (Å²) in [4.78, 5) is 28.9. The first-order chi connectivity index (χ1) is 14.7. The number of amides is 2. The van der Waals surface area contributed by atoms with E-state index < -0.39 is 22.5 Å². The van der Waals surface area contributed by atoms with Crippen molar-refractivity contribution in [2.24, 2.45) is 0 Å². The second-order valence-electron chi connectivity index (χ2n) is 6.88. The highest BCUT2D eigenvalue weighted by molar-refractivity contribution is 7.92. The lowest BCUT2D eigenvalue weighted by Crippen LogP contribution is -2.37. The van der Waals surface area contributed by atoms with Gasteiger partial charge in [0.2, 0.25) is 15.9 Å². The van der Waals surface area contributed by atoms with Gasteiger partial charge in [0.05, 0.1) is 11.9 Å². The molecule has 2 N–H and O–H groups in total. The summed E-state index contributed by atoms with van der Waals surface area (Å²) in [5.41, 5.74) is 2.48. The van der Waals surface area contributed by atoms with Crippen molar-refractivity contribution >= 4 is 38.9 Å². The summed E-state index contributed by atoms with van der Waals surface area (Å²) in [6.45, 7) is 1.38. The van der Waals surface area contributed by atoms with E-state index >= 15 is 0 Å². The van der Waals surface area contributed by atoms with Gasteiger partial charge in [-0.3, -0.25) is 18.9 Å². The van der Waals surface area contributed by atoms with Crippen LogP contribution in [0.15, 0.2) is 73.1 Å². The maximum Gasteiger partial charge on any atom is 0.255 e.